The molecule has 1 N–H and O–H groups in total. The Bertz CT molecular complexity index is 770. The Morgan fingerprint density at radius 2 is 1.85 bits per heavy atom. The normalized spacial score (nSPS) is 16.3. The zero-order chi connectivity index (χ0) is 19.2. The van der Waals surface area contributed by atoms with Crippen LogP contribution in [0.3, 0.4) is 0 Å². The van der Waals surface area contributed by atoms with Crippen LogP contribution in [0.25, 0.3) is 0 Å². The molecule has 3 rings (SSSR count). The highest BCUT2D eigenvalue weighted by atomic mass is 16.5. The lowest BCUT2D eigenvalue weighted by Crippen LogP contribution is -2.41. The number of morpholine rings is 1. The van der Waals surface area contributed by atoms with E-state index in [0.717, 1.165) is 26.3 Å². The maximum atomic E-state index is 9.30. The molecule has 1 saturated heterocycles. The molecule has 1 fully saturated rings. The molecule has 2 aromatic rings. The average molecular weight is 368 g/mol. The number of anilines is 1. The molecule has 6 nitrogen and oxygen atoms in total. The van der Waals surface area contributed by atoms with Gasteiger partial charge in [0.2, 0.25) is 11.6 Å². The minimum Gasteiger partial charge on any atom is -0.424 e. The molecule has 6 heteroatoms. The van der Waals surface area contributed by atoms with Crippen molar-refractivity contribution in [1.29, 1.82) is 5.26 Å². The second-order valence-electron chi connectivity index (χ2n) is 7.12. The zero-order valence-corrected chi connectivity index (χ0v) is 16.4. The number of aryl methyl sites for hydroxylation is 1. The first kappa shape index (κ1) is 19.4. The summed E-state index contributed by atoms with van der Waals surface area (Å²) in [6, 6.07) is 11.1. The van der Waals surface area contributed by atoms with E-state index in [2.05, 4.69) is 59.4 Å². The third kappa shape index (κ3) is 4.68. The van der Waals surface area contributed by atoms with Crippen molar-refractivity contribution in [2.45, 2.75) is 39.2 Å². The molecule has 1 aliphatic heterocycles. The first-order valence-corrected chi connectivity index (χ1v) is 9.67. The topological polar surface area (TPSA) is 74.3 Å². The summed E-state index contributed by atoms with van der Waals surface area (Å²) in [7, 11) is 0. The molecular weight excluding hydrogens is 340 g/mol. The van der Waals surface area contributed by atoms with Crippen LogP contribution >= 0.6 is 0 Å². The van der Waals surface area contributed by atoms with Crippen LogP contribution < -0.4 is 5.32 Å². The highest BCUT2D eigenvalue weighted by Crippen LogP contribution is 2.26. The summed E-state index contributed by atoms with van der Waals surface area (Å²) in [5.41, 5.74) is 2.91. The van der Waals surface area contributed by atoms with Crippen LogP contribution in [0.4, 0.5) is 5.88 Å². The third-order valence-electron chi connectivity index (χ3n) is 5.01. The van der Waals surface area contributed by atoms with E-state index in [-0.39, 0.29) is 6.04 Å². The van der Waals surface area contributed by atoms with Crippen molar-refractivity contribution < 1.29 is 9.15 Å². The molecule has 0 radical (unpaired) electrons. The van der Waals surface area contributed by atoms with Crippen molar-refractivity contribution in [3.63, 3.8) is 0 Å². The lowest BCUT2D eigenvalue weighted by Gasteiger charge is -2.35. The minimum atomic E-state index is 0.178. The average Bonchev–Trinajstić information content (AvgIpc) is 3.12. The van der Waals surface area contributed by atoms with E-state index < -0.39 is 0 Å². The summed E-state index contributed by atoms with van der Waals surface area (Å²) in [5.74, 6) is 1.56. The van der Waals surface area contributed by atoms with Gasteiger partial charge in [-0.3, -0.25) is 4.90 Å². The molecule has 0 unspecified atom stereocenters. The highest BCUT2D eigenvalue weighted by Gasteiger charge is 2.24. The number of rotatable bonds is 7. The summed E-state index contributed by atoms with van der Waals surface area (Å²) in [6.45, 7) is 10.3. The Kier molecular flexibility index (Phi) is 6.49. The van der Waals surface area contributed by atoms with Gasteiger partial charge in [0, 0.05) is 26.1 Å². The fourth-order valence-electron chi connectivity index (χ4n) is 3.35. The van der Waals surface area contributed by atoms with Crippen molar-refractivity contribution >= 4 is 5.88 Å². The highest BCUT2D eigenvalue weighted by molar-refractivity contribution is 5.45. The number of hydrogen-bond acceptors (Lipinski definition) is 6. The largest absolute Gasteiger partial charge is 0.424 e. The SMILES string of the molecule is CCc1nc(C#N)c(NC[C@H](c2ccc(C(C)C)cc2)N2CCOCC2)o1. The van der Waals surface area contributed by atoms with E-state index in [1.54, 1.807) is 0 Å². The Morgan fingerprint density at radius 3 is 2.44 bits per heavy atom. The Hall–Kier alpha value is -2.36. The van der Waals surface area contributed by atoms with Gasteiger partial charge >= 0.3 is 0 Å². The fourth-order valence-corrected chi connectivity index (χ4v) is 3.35. The van der Waals surface area contributed by atoms with Gasteiger partial charge in [-0.25, -0.2) is 4.98 Å². The Balaban J connectivity index is 1.80. The summed E-state index contributed by atoms with van der Waals surface area (Å²) in [4.78, 5) is 6.64. The van der Waals surface area contributed by atoms with Crippen LogP contribution in [0.1, 0.15) is 55.4 Å². The summed E-state index contributed by atoms with van der Waals surface area (Å²) >= 11 is 0. The van der Waals surface area contributed by atoms with Gasteiger partial charge < -0.3 is 14.5 Å². The van der Waals surface area contributed by atoms with Crippen LogP contribution in [0.15, 0.2) is 28.7 Å². The molecule has 0 aliphatic carbocycles. The fraction of sp³-hybridized carbons (Fsp3) is 0.524. The third-order valence-corrected chi connectivity index (χ3v) is 5.01. The molecule has 0 saturated carbocycles. The second-order valence-corrected chi connectivity index (χ2v) is 7.12. The summed E-state index contributed by atoms with van der Waals surface area (Å²) < 4.78 is 11.2. The number of aromatic nitrogens is 1. The minimum absolute atomic E-state index is 0.178. The maximum Gasteiger partial charge on any atom is 0.232 e. The van der Waals surface area contributed by atoms with Gasteiger partial charge in [0.1, 0.15) is 6.07 Å². The predicted molar refractivity (Wildman–Crippen MR) is 105 cm³/mol. The number of benzene rings is 1. The molecule has 1 aliphatic rings. The number of nitrogens with one attached hydrogen (secondary N) is 1. The van der Waals surface area contributed by atoms with Crippen molar-refractivity contribution in [2.75, 3.05) is 38.2 Å². The first-order chi connectivity index (χ1) is 13.1. The van der Waals surface area contributed by atoms with E-state index in [9.17, 15) is 5.26 Å². The van der Waals surface area contributed by atoms with E-state index in [1.165, 1.54) is 11.1 Å². The Labute approximate surface area is 161 Å². The van der Waals surface area contributed by atoms with Crippen molar-refractivity contribution in [3.8, 4) is 6.07 Å². The standard InChI is InChI=1S/C21H28N4O2/c1-4-20-24-18(13-22)21(27-20)23-14-19(25-9-11-26-12-10-25)17-7-5-16(6-8-17)15(2)3/h5-8,15,19,23H,4,9-12,14H2,1-3H3/t19-/m1/s1. The molecule has 0 amide bonds. The van der Waals surface area contributed by atoms with E-state index in [0.29, 0.717) is 36.4 Å². The lowest BCUT2D eigenvalue weighted by molar-refractivity contribution is 0.0186. The van der Waals surface area contributed by atoms with Crippen molar-refractivity contribution in [1.82, 2.24) is 9.88 Å². The predicted octanol–water partition coefficient (Wildman–Crippen LogP) is 3.72. The van der Waals surface area contributed by atoms with Gasteiger partial charge in [0.15, 0.2) is 5.89 Å². The Morgan fingerprint density at radius 1 is 1.19 bits per heavy atom. The van der Waals surface area contributed by atoms with Gasteiger partial charge in [-0.05, 0) is 17.0 Å². The van der Waals surface area contributed by atoms with Crippen LogP contribution in [0, 0.1) is 11.3 Å². The molecule has 2 heterocycles. The van der Waals surface area contributed by atoms with Crippen LogP contribution in [0.2, 0.25) is 0 Å². The number of nitrogens with zero attached hydrogens (tertiary/aromatic N) is 3. The number of hydrogen-bond donors (Lipinski definition) is 1. The number of ether oxygens (including phenoxy) is 1. The molecule has 27 heavy (non-hydrogen) atoms. The zero-order valence-electron chi connectivity index (χ0n) is 16.4. The lowest BCUT2D eigenvalue weighted by atomic mass is 9.98. The molecule has 0 spiro atoms. The van der Waals surface area contributed by atoms with Gasteiger partial charge in [-0.2, -0.15) is 5.26 Å². The van der Waals surface area contributed by atoms with Crippen LogP contribution in [-0.4, -0.2) is 42.7 Å². The molecule has 1 aromatic heterocycles. The molecule has 144 valence electrons. The van der Waals surface area contributed by atoms with E-state index in [4.69, 9.17) is 9.15 Å². The van der Waals surface area contributed by atoms with Gasteiger partial charge in [-0.15, -0.1) is 0 Å². The quantitative estimate of drug-likeness (QED) is 0.803. The van der Waals surface area contributed by atoms with Crippen LogP contribution in [0.5, 0.6) is 0 Å². The van der Waals surface area contributed by atoms with E-state index >= 15 is 0 Å². The van der Waals surface area contributed by atoms with Crippen LogP contribution in [-0.2, 0) is 11.2 Å². The van der Waals surface area contributed by atoms with Gasteiger partial charge in [-0.1, -0.05) is 45.0 Å². The number of nitriles is 1. The molecule has 0 bridgehead atoms. The molecule has 1 atom stereocenters. The second kappa shape index (κ2) is 9.03. The molecule has 1 aromatic carbocycles. The van der Waals surface area contributed by atoms with E-state index in [1.807, 2.05) is 6.92 Å². The van der Waals surface area contributed by atoms with Crippen molar-refractivity contribution in [3.05, 3.63) is 47.0 Å². The molecular formula is C21H28N4O2. The maximum absolute atomic E-state index is 9.30. The van der Waals surface area contributed by atoms with Crippen molar-refractivity contribution in [2.24, 2.45) is 0 Å². The monoisotopic (exact) mass is 368 g/mol. The summed E-state index contributed by atoms with van der Waals surface area (Å²) in [5, 5.41) is 12.6. The summed E-state index contributed by atoms with van der Waals surface area (Å²) in [6.07, 6.45) is 0.667. The smallest absolute Gasteiger partial charge is 0.232 e. The van der Waals surface area contributed by atoms with Gasteiger partial charge in [0.05, 0.1) is 19.3 Å². The van der Waals surface area contributed by atoms with Gasteiger partial charge in [0.25, 0.3) is 0 Å². The first-order valence-electron chi connectivity index (χ1n) is 9.67. The number of oxazole rings is 1.